The van der Waals surface area contributed by atoms with E-state index in [4.69, 9.17) is 16.6 Å². The summed E-state index contributed by atoms with van der Waals surface area (Å²) in [5, 5.41) is 5.15. The number of para-hydroxylation sites is 1. The first-order valence-corrected chi connectivity index (χ1v) is 10.8. The van der Waals surface area contributed by atoms with E-state index in [1.165, 1.54) is 5.69 Å². The fourth-order valence-corrected chi connectivity index (χ4v) is 4.15. The van der Waals surface area contributed by atoms with Crippen molar-refractivity contribution in [2.45, 2.75) is 6.92 Å². The third-order valence-corrected chi connectivity index (χ3v) is 5.73. The fourth-order valence-electron chi connectivity index (χ4n) is 3.98. The summed E-state index contributed by atoms with van der Waals surface area (Å²) in [5.74, 6) is 1.58. The van der Waals surface area contributed by atoms with Crippen molar-refractivity contribution in [1.82, 2.24) is 15.0 Å². The third kappa shape index (κ3) is 4.25. The number of aromatic nitrogens is 3. The van der Waals surface area contributed by atoms with Gasteiger partial charge in [-0.05, 0) is 43.3 Å². The van der Waals surface area contributed by atoms with Gasteiger partial charge >= 0.3 is 0 Å². The predicted molar refractivity (Wildman–Crippen MR) is 128 cm³/mol. The van der Waals surface area contributed by atoms with Gasteiger partial charge in [-0.15, -0.1) is 0 Å². The van der Waals surface area contributed by atoms with E-state index >= 15 is 0 Å². The average Bonchev–Trinajstić information content (AvgIpc) is 2.79. The van der Waals surface area contributed by atoms with E-state index in [2.05, 4.69) is 43.3 Å². The molecule has 1 N–H and O–H groups in total. The number of pyridine rings is 1. The maximum atomic E-state index is 6.14. The van der Waals surface area contributed by atoms with Crippen LogP contribution in [0.15, 0.2) is 66.9 Å². The van der Waals surface area contributed by atoms with Gasteiger partial charge < -0.3 is 15.1 Å². The SMILES string of the molecule is Cc1cc(N2CCN(c3ccnc4cc(Cl)ccc34)CC2)nc(Nc2ccccc2)n1. The van der Waals surface area contributed by atoms with Crippen molar-refractivity contribution in [2.75, 3.05) is 41.3 Å². The maximum absolute atomic E-state index is 6.14. The number of benzene rings is 2. The molecule has 0 radical (unpaired) electrons. The molecular weight excluding hydrogens is 408 g/mol. The van der Waals surface area contributed by atoms with Crippen LogP contribution in [0.2, 0.25) is 5.02 Å². The minimum atomic E-state index is 0.626. The molecule has 1 saturated heterocycles. The zero-order valence-corrected chi connectivity index (χ0v) is 18.0. The number of nitrogens with zero attached hydrogens (tertiary/aromatic N) is 5. The molecule has 7 heteroatoms. The van der Waals surface area contributed by atoms with Crippen LogP contribution in [-0.4, -0.2) is 41.1 Å². The van der Waals surface area contributed by atoms with Gasteiger partial charge in [-0.3, -0.25) is 4.98 Å². The Bertz CT molecular complexity index is 1210. The van der Waals surface area contributed by atoms with Gasteiger partial charge in [0.2, 0.25) is 5.95 Å². The fraction of sp³-hybridized carbons (Fsp3) is 0.208. The number of hydrogen-bond donors (Lipinski definition) is 1. The highest BCUT2D eigenvalue weighted by molar-refractivity contribution is 6.31. The Balaban J connectivity index is 1.33. The van der Waals surface area contributed by atoms with Crippen LogP contribution >= 0.6 is 11.6 Å². The second-order valence-electron chi connectivity index (χ2n) is 7.65. The molecule has 3 heterocycles. The van der Waals surface area contributed by atoms with Gasteiger partial charge in [0.1, 0.15) is 5.82 Å². The summed E-state index contributed by atoms with van der Waals surface area (Å²) in [6.07, 6.45) is 1.86. The molecule has 156 valence electrons. The molecule has 31 heavy (non-hydrogen) atoms. The normalized spacial score (nSPS) is 14.1. The molecule has 0 amide bonds. The minimum Gasteiger partial charge on any atom is -0.367 e. The Labute approximate surface area is 186 Å². The van der Waals surface area contributed by atoms with Crippen LogP contribution in [0.1, 0.15) is 5.69 Å². The van der Waals surface area contributed by atoms with Crippen molar-refractivity contribution in [3.63, 3.8) is 0 Å². The highest BCUT2D eigenvalue weighted by Crippen LogP contribution is 2.29. The van der Waals surface area contributed by atoms with Gasteiger partial charge in [-0.2, -0.15) is 4.98 Å². The van der Waals surface area contributed by atoms with Crippen LogP contribution in [0, 0.1) is 6.92 Å². The maximum Gasteiger partial charge on any atom is 0.229 e. The van der Waals surface area contributed by atoms with Crippen LogP contribution < -0.4 is 15.1 Å². The molecule has 1 aliphatic heterocycles. The minimum absolute atomic E-state index is 0.626. The largest absolute Gasteiger partial charge is 0.367 e. The van der Waals surface area contributed by atoms with Crippen LogP contribution in [0.3, 0.4) is 0 Å². The molecule has 6 nitrogen and oxygen atoms in total. The zero-order valence-electron chi connectivity index (χ0n) is 17.3. The van der Waals surface area contributed by atoms with Crippen molar-refractivity contribution in [3.05, 3.63) is 77.6 Å². The lowest BCUT2D eigenvalue weighted by Crippen LogP contribution is -2.47. The summed E-state index contributed by atoms with van der Waals surface area (Å²) in [5.41, 5.74) is 4.05. The lowest BCUT2D eigenvalue weighted by atomic mass is 10.1. The second kappa shape index (κ2) is 8.40. The molecule has 5 rings (SSSR count). The monoisotopic (exact) mass is 430 g/mol. The van der Waals surface area contributed by atoms with Crippen LogP contribution in [0.25, 0.3) is 10.9 Å². The van der Waals surface area contributed by atoms with E-state index in [1.54, 1.807) is 0 Å². The quantitative estimate of drug-likeness (QED) is 0.488. The topological polar surface area (TPSA) is 57.2 Å². The van der Waals surface area contributed by atoms with Gasteiger partial charge in [0, 0.05) is 65.9 Å². The van der Waals surface area contributed by atoms with E-state index in [9.17, 15) is 0 Å². The zero-order chi connectivity index (χ0) is 21.2. The number of nitrogens with one attached hydrogen (secondary N) is 1. The van der Waals surface area contributed by atoms with E-state index in [1.807, 2.05) is 55.6 Å². The average molecular weight is 431 g/mol. The van der Waals surface area contributed by atoms with Gasteiger partial charge in [-0.25, -0.2) is 4.98 Å². The predicted octanol–water partition coefficient (Wildman–Crippen LogP) is 5.06. The molecule has 2 aromatic carbocycles. The molecule has 0 atom stereocenters. The standard InChI is InChI=1S/C24H23ClN6/c1-17-15-23(29-24(27-17)28-19-5-3-2-4-6-19)31-13-11-30(12-14-31)22-9-10-26-21-16-18(25)7-8-20(21)22/h2-10,15-16H,11-14H2,1H3,(H,27,28,29). The smallest absolute Gasteiger partial charge is 0.229 e. The number of fused-ring (bicyclic) bond motifs is 1. The number of rotatable bonds is 4. The second-order valence-corrected chi connectivity index (χ2v) is 8.08. The number of hydrogen-bond acceptors (Lipinski definition) is 6. The van der Waals surface area contributed by atoms with Gasteiger partial charge in [0.05, 0.1) is 5.52 Å². The Morgan fingerprint density at radius 1 is 0.871 bits per heavy atom. The number of anilines is 4. The first kappa shape index (κ1) is 19.6. The first-order chi connectivity index (χ1) is 15.2. The van der Waals surface area contributed by atoms with Crippen molar-refractivity contribution in [3.8, 4) is 0 Å². The molecular formula is C24H23ClN6. The summed E-state index contributed by atoms with van der Waals surface area (Å²) < 4.78 is 0. The summed E-state index contributed by atoms with van der Waals surface area (Å²) in [6.45, 7) is 5.60. The molecule has 4 aromatic rings. The highest BCUT2D eigenvalue weighted by atomic mass is 35.5. The van der Waals surface area contributed by atoms with Crippen molar-refractivity contribution >= 4 is 45.6 Å². The Morgan fingerprint density at radius 3 is 2.45 bits per heavy atom. The first-order valence-electron chi connectivity index (χ1n) is 10.4. The molecule has 0 bridgehead atoms. The highest BCUT2D eigenvalue weighted by Gasteiger charge is 2.21. The third-order valence-electron chi connectivity index (χ3n) is 5.50. The number of aryl methyl sites for hydroxylation is 1. The van der Waals surface area contributed by atoms with Gasteiger partial charge in [-0.1, -0.05) is 29.8 Å². The lowest BCUT2D eigenvalue weighted by molar-refractivity contribution is 0.648. The molecule has 2 aromatic heterocycles. The van der Waals surface area contributed by atoms with E-state index in [0.717, 1.165) is 54.3 Å². The van der Waals surface area contributed by atoms with Gasteiger partial charge in [0.25, 0.3) is 0 Å². The van der Waals surface area contributed by atoms with E-state index in [0.29, 0.717) is 11.0 Å². The number of halogens is 1. The van der Waals surface area contributed by atoms with Crippen LogP contribution in [-0.2, 0) is 0 Å². The Morgan fingerprint density at radius 2 is 1.65 bits per heavy atom. The van der Waals surface area contributed by atoms with Crippen molar-refractivity contribution in [1.29, 1.82) is 0 Å². The lowest BCUT2D eigenvalue weighted by Gasteiger charge is -2.37. The summed E-state index contributed by atoms with van der Waals surface area (Å²) >= 11 is 6.14. The summed E-state index contributed by atoms with van der Waals surface area (Å²) in [7, 11) is 0. The van der Waals surface area contributed by atoms with Gasteiger partial charge in [0.15, 0.2) is 0 Å². The van der Waals surface area contributed by atoms with E-state index in [-0.39, 0.29) is 0 Å². The van der Waals surface area contributed by atoms with Crippen molar-refractivity contribution < 1.29 is 0 Å². The molecule has 0 unspecified atom stereocenters. The summed E-state index contributed by atoms with van der Waals surface area (Å²) in [4.78, 5) is 18.5. The Hall–Kier alpha value is -3.38. The molecule has 0 aliphatic carbocycles. The number of piperazine rings is 1. The Kier molecular flexibility index (Phi) is 5.30. The molecule has 0 spiro atoms. The van der Waals surface area contributed by atoms with Crippen LogP contribution in [0.4, 0.5) is 23.1 Å². The molecule has 1 aliphatic rings. The molecule has 0 saturated carbocycles. The van der Waals surface area contributed by atoms with Crippen molar-refractivity contribution in [2.24, 2.45) is 0 Å². The summed E-state index contributed by atoms with van der Waals surface area (Å²) in [6, 6.07) is 20.0. The van der Waals surface area contributed by atoms with Crippen LogP contribution in [0.5, 0.6) is 0 Å². The molecule has 1 fully saturated rings. The van der Waals surface area contributed by atoms with E-state index < -0.39 is 0 Å².